The molecule has 0 amide bonds. The number of rotatable bonds is 1. The first-order valence-corrected chi connectivity index (χ1v) is 5.74. The van der Waals surface area contributed by atoms with E-state index in [0.717, 1.165) is 0 Å². The summed E-state index contributed by atoms with van der Waals surface area (Å²) in [6.07, 6.45) is -4.87. The van der Waals surface area contributed by atoms with Gasteiger partial charge >= 0.3 is 12.1 Å². The van der Waals surface area contributed by atoms with Gasteiger partial charge in [-0.25, -0.2) is 0 Å². The van der Waals surface area contributed by atoms with Crippen molar-refractivity contribution in [2.24, 2.45) is 17.8 Å². The van der Waals surface area contributed by atoms with E-state index in [1.807, 2.05) is 0 Å². The predicted molar refractivity (Wildman–Crippen MR) is 52.3 cm³/mol. The van der Waals surface area contributed by atoms with Gasteiger partial charge in [-0.15, -0.1) is 0 Å². The van der Waals surface area contributed by atoms with E-state index in [0.29, 0.717) is 6.42 Å². The van der Waals surface area contributed by atoms with Gasteiger partial charge in [-0.3, -0.25) is 4.79 Å². The number of carbonyl (C=O) groups is 1. The summed E-state index contributed by atoms with van der Waals surface area (Å²) in [4.78, 5) is 11.1. The van der Waals surface area contributed by atoms with Gasteiger partial charge in [0, 0.05) is 5.92 Å². The van der Waals surface area contributed by atoms with E-state index >= 15 is 0 Å². The highest BCUT2D eigenvalue weighted by Crippen LogP contribution is 2.48. The number of fused-ring (bicyclic) bond motifs is 1. The summed E-state index contributed by atoms with van der Waals surface area (Å²) in [7, 11) is 0. The minimum absolute atomic E-state index is 0.0950. The van der Waals surface area contributed by atoms with Crippen LogP contribution in [-0.4, -0.2) is 29.5 Å². The molecule has 17 heavy (non-hydrogen) atoms. The van der Waals surface area contributed by atoms with Crippen molar-refractivity contribution in [2.45, 2.75) is 44.6 Å². The van der Waals surface area contributed by atoms with Crippen LogP contribution in [0.5, 0.6) is 0 Å². The Hall–Kier alpha value is -0.780. The molecule has 0 unspecified atom stereocenters. The molecular weight excluding hydrogens is 237 g/mol. The van der Waals surface area contributed by atoms with Gasteiger partial charge in [-0.05, 0) is 26.2 Å². The first-order chi connectivity index (χ1) is 7.79. The summed E-state index contributed by atoms with van der Waals surface area (Å²) < 4.78 is 43.5. The summed E-state index contributed by atoms with van der Waals surface area (Å²) in [6.45, 7) is 1.78. The Morgan fingerprint density at radius 1 is 1.29 bits per heavy atom. The van der Waals surface area contributed by atoms with E-state index < -0.39 is 30.1 Å². The summed E-state index contributed by atoms with van der Waals surface area (Å²) in [6, 6.07) is 0. The molecule has 3 nitrogen and oxygen atoms in total. The van der Waals surface area contributed by atoms with Gasteiger partial charge in [-0.1, -0.05) is 0 Å². The van der Waals surface area contributed by atoms with E-state index in [1.165, 1.54) is 0 Å². The second-order valence-electron chi connectivity index (χ2n) is 5.04. The molecule has 6 heteroatoms. The normalized spacial score (nSPS) is 42.2. The van der Waals surface area contributed by atoms with Crippen LogP contribution in [0.1, 0.15) is 26.2 Å². The lowest BCUT2D eigenvalue weighted by molar-refractivity contribution is -0.201. The quantitative estimate of drug-likeness (QED) is 0.779. The highest BCUT2D eigenvalue weighted by atomic mass is 19.4. The standard InChI is InChI=1S/C11H15F3O3/c1-5-2-7-8(10(15)16)3-6(11(12,13)14)4-9(7)17-5/h5-9H,2-4H2,1H3,(H,15,16)/t5-,6-,7+,8-,9+/m0/s1. The van der Waals surface area contributed by atoms with Gasteiger partial charge in [0.05, 0.1) is 24.0 Å². The highest BCUT2D eigenvalue weighted by molar-refractivity contribution is 5.70. The Bertz CT molecular complexity index is 316. The topological polar surface area (TPSA) is 46.5 Å². The van der Waals surface area contributed by atoms with Crippen LogP contribution < -0.4 is 0 Å². The molecule has 1 saturated heterocycles. The van der Waals surface area contributed by atoms with Crippen LogP contribution in [0.3, 0.4) is 0 Å². The number of ether oxygens (including phenoxy) is 1. The molecule has 1 N–H and O–H groups in total. The van der Waals surface area contributed by atoms with Crippen LogP contribution >= 0.6 is 0 Å². The van der Waals surface area contributed by atoms with Crippen molar-refractivity contribution >= 4 is 5.97 Å². The lowest BCUT2D eigenvalue weighted by Crippen LogP contribution is -2.42. The lowest BCUT2D eigenvalue weighted by atomic mass is 9.71. The van der Waals surface area contributed by atoms with Gasteiger partial charge in [0.25, 0.3) is 0 Å². The molecule has 0 aromatic carbocycles. The van der Waals surface area contributed by atoms with Crippen molar-refractivity contribution in [3.05, 3.63) is 0 Å². The number of aliphatic carboxylic acids is 1. The van der Waals surface area contributed by atoms with Crippen molar-refractivity contribution < 1.29 is 27.8 Å². The Morgan fingerprint density at radius 2 is 1.94 bits per heavy atom. The average Bonchev–Trinajstić information content (AvgIpc) is 2.54. The fraction of sp³-hybridized carbons (Fsp3) is 0.909. The number of alkyl halides is 3. The number of hydrogen-bond acceptors (Lipinski definition) is 2. The van der Waals surface area contributed by atoms with Crippen molar-refractivity contribution in [2.75, 3.05) is 0 Å². The molecule has 1 heterocycles. The smallest absolute Gasteiger partial charge is 0.391 e. The van der Waals surface area contributed by atoms with E-state index in [4.69, 9.17) is 9.84 Å². The second-order valence-corrected chi connectivity index (χ2v) is 5.04. The van der Waals surface area contributed by atoms with Crippen molar-refractivity contribution in [1.29, 1.82) is 0 Å². The zero-order valence-electron chi connectivity index (χ0n) is 9.41. The van der Waals surface area contributed by atoms with E-state index in [9.17, 15) is 18.0 Å². The third kappa shape index (κ3) is 2.41. The fourth-order valence-electron chi connectivity index (χ4n) is 3.05. The second kappa shape index (κ2) is 4.15. The van der Waals surface area contributed by atoms with Crippen molar-refractivity contribution in [3.63, 3.8) is 0 Å². The summed E-state index contributed by atoms with van der Waals surface area (Å²) in [5, 5.41) is 9.03. The summed E-state index contributed by atoms with van der Waals surface area (Å²) >= 11 is 0. The Morgan fingerprint density at radius 3 is 2.47 bits per heavy atom. The molecule has 98 valence electrons. The maximum atomic E-state index is 12.7. The molecule has 5 atom stereocenters. The Balaban J connectivity index is 2.18. The molecule has 2 aliphatic rings. The van der Waals surface area contributed by atoms with Gasteiger partial charge in [0.1, 0.15) is 0 Å². The number of halogens is 3. The molecular formula is C11H15F3O3. The Kier molecular flexibility index (Phi) is 3.10. The monoisotopic (exact) mass is 252 g/mol. The van der Waals surface area contributed by atoms with Crippen LogP contribution in [0.4, 0.5) is 13.2 Å². The third-order valence-corrected chi connectivity index (χ3v) is 3.84. The zero-order chi connectivity index (χ0) is 12.8. The zero-order valence-corrected chi connectivity index (χ0v) is 9.41. The van der Waals surface area contributed by atoms with Crippen LogP contribution in [0, 0.1) is 17.8 Å². The molecule has 0 aromatic rings. The predicted octanol–water partition coefficient (Wildman–Crippen LogP) is 2.45. The largest absolute Gasteiger partial charge is 0.481 e. The molecule has 2 rings (SSSR count). The third-order valence-electron chi connectivity index (χ3n) is 3.84. The van der Waals surface area contributed by atoms with Gasteiger partial charge in [0.15, 0.2) is 0 Å². The average molecular weight is 252 g/mol. The maximum absolute atomic E-state index is 12.7. The first-order valence-electron chi connectivity index (χ1n) is 5.74. The minimum atomic E-state index is -4.33. The SMILES string of the molecule is C[C@H]1C[C@@H]2[C@@H](C(=O)O)C[C@H](C(F)(F)F)C[C@H]2O1. The van der Waals surface area contributed by atoms with E-state index in [1.54, 1.807) is 6.92 Å². The molecule has 0 spiro atoms. The van der Waals surface area contributed by atoms with Crippen LogP contribution in [0.15, 0.2) is 0 Å². The molecule has 1 saturated carbocycles. The highest BCUT2D eigenvalue weighted by Gasteiger charge is 2.53. The molecule has 0 bridgehead atoms. The van der Waals surface area contributed by atoms with Crippen LogP contribution in [0.2, 0.25) is 0 Å². The van der Waals surface area contributed by atoms with Crippen molar-refractivity contribution in [3.8, 4) is 0 Å². The maximum Gasteiger partial charge on any atom is 0.391 e. The molecule has 2 fully saturated rings. The van der Waals surface area contributed by atoms with Crippen LogP contribution in [0.25, 0.3) is 0 Å². The van der Waals surface area contributed by atoms with Gasteiger partial charge < -0.3 is 9.84 Å². The fourth-order valence-corrected chi connectivity index (χ4v) is 3.05. The summed E-state index contributed by atoms with van der Waals surface area (Å²) in [5.41, 5.74) is 0. The number of carboxylic acids is 1. The minimum Gasteiger partial charge on any atom is -0.481 e. The van der Waals surface area contributed by atoms with E-state index in [2.05, 4.69) is 0 Å². The Labute approximate surface area is 96.9 Å². The van der Waals surface area contributed by atoms with Gasteiger partial charge in [0.2, 0.25) is 0 Å². The molecule has 0 aromatic heterocycles. The molecule has 1 aliphatic heterocycles. The number of hydrogen-bond donors (Lipinski definition) is 1. The first kappa shape index (κ1) is 12.7. The molecule has 0 radical (unpaired) electrons. The van der Waals surface area contributed by atoms with E-state index in [-0.39, 0.29) is 24.9 Å². The van der Waals surface area contributed by atoms with Crippen LogP contribution in [-0.2, 0) is 9.53 Å². The van der Waals surface area contributed by atoms with Crippen molar-refractivity contribution in [1.82, 2.24) is 0 Å². The van der Waals surface area contributed by atoms with Gasteiger partial charge in [-0.2, -0.15) is 13.2 Å². The molecule has 1 aliphatic carbocycles. The number of carboxylic acid groups (broad SMARTS) is 1. The lowest BCUT2D eigenvalue weighted by Gasteiger charge is -2.36. The summed E-state index contributed by atoms with van der Waals surface area (Å²) in [5.74, 6) is -3.87.